The number of aryl methyl sites for hydroxylation is 1. The molecule has 4 heteroatoms. The van der Waals surface area contributed by atoms with Crippen molar-refractivity contribution in [3.63, 3.8) is 0 Å². The van der Waals surface area contributed by atoms with Crippen molar-refractivity contribution in [1.29, 1.82) is 0 Å². The summed E-state index contributed by atoms with van der Waals surface area (Å²) in [5, 5.41) is 1.02. The largest absolute Gasteiger partial charge is 0.397 e. The number of piperidine rings is 1. The lowest BCUT2D eigenvalue weighted by Gasteiger charge is -2.30. The highest BCUT2D eigenvalue weighted by molar-refractivity contribution is 7.21. The van der Waals surface area contributed by atoms with Crippen LogP contribution in [0.3, 0.4) is 0 Å². The average Bonchev–Trinajstić information content (AvgIpc) is 2.78. The Bertz CT molecular complexity index is 654. The average molecular weight is 288 g/mol. The molecule has 0 atom stereocenters. The van der Waals surface area contributed by atoms with Gasteiger partial charge < -0.3 is 10.6 Å². The number of nitrogen functional groups attached to an aromatic ring is 1. The molecular formula is C16H20N2OS. The summed E-state index contributed by atoms with van der Waals surface area (Å²) in [5.41, 5.74) is 8.04. The van der Waals surface area contributed by atoms with Gasteiger partial charge in [0.2, 0.25) is 0 Å². The normalized spacial score (nSPS) is 16.8. The predicted molar refractivity (Wildman–Crippen MR) is 85.3 cm³/mol. The molecule has 1 fully saturated rings. The van der Waals surface area contributed by atoms with Crippen molar-refractivity contribution in [2.45, 2.75) is 26.7 Å². The molecule has 1 aromatic heterocycles. The lowest BCUT2D eigenvalue weighted by Crippen LogP contribution is -2.37. The fraction of sp³-hybridized carbons (Fsp3) is 0.438. The van der Waals surface area contributed by atoms with E-state index in [4.69, 9.17) is 5.73 Å². The second-order valence-corrected chi connectivity index (χ2v) is 6.79. The summed E-state index contributed by atoms with van der Waals surface area (Å²) in [6.45, 7) is 6.02. The Kier molecular flexibility index (Phi) is 3.42. The summed E-state index contributed by atoms with van der Waals surface area (Å²) < 4.78 is 1.14. The van der Waals surface area contributed by atoms with E-state index in [0.29, 0.717) is 10.6 Å². The molecule has 1 amide bonds. The Morgan fingerprint density at radius 3 is 2.70 bits per heavy atom. The highest BCUT2D eigenvalue weighted by Crippen LogP contribution is 2.36. The number of carbonyl (C=O) groups excluding carboxylic acids is 1. The number of hydrogen-bond donors (Lipinski definition) is 1. The van der Waals surface area contributed by atoms with E-state index in [1.807, 2.05) is 17.0 Å². The van der Waals surface area contributed by atoms with Crippen molar-refractivity contribution in [1.82, 2.24) is 4.90 Å². The Morgan fingerprint density at radius 2 is 2.05 bits per heavy atom. The van der Waals surface area contributed by atoms with Crippen LogP contribution in [0, 0.1) is 12.8 Å². The Balaban J connectivity index is 1.96. The minimum Gasteiger partial charge on any atom is -0.397 e. The summed E-state index contributed by atoms with van der Waals surface area (Å²) >= 11 is 1.54. The molecule has 2 heterocycles. The number of nitrogens with zero attached hydrogens (tertiary/aromatic N) is 1. The van der Waals surface area contributed by atoms with E-state index in [9.17, 15) is 4.79 Å². The van der Waals surface area contributed by atoms with Gasteiger partial charge in [-0.15, -0.1) is 11.3 Å². The SMILES string of the molecule is Cc1cccc2c(N)c(C(=O)N3CCC(C)CC3)sc12. The lowest BCUT2D eigenvalue weighted by molar-refractivity contribution is 0.0703. The maximum atomic E-state index is 12.7. The van der Waals surface area contributed by atoms with Gasteiger partial charge in [0.25, 0.3) is 5.91 Å². The van der Waals surface area contributed by atoms with Gasteiger partial charge in [-0.25, -0.2) is 0 Å². The van der Waals surface area contributed by atoms with E-state index < -0.39 is 0 Å². The van der Waals surface area contributed by atoms with E-state index in [0.717, 1.165) is 41.9 Å². The van der Waals surface area contributed by atoms with Crippen molar-refractivity contribution < 1.29 is 4.79 Å². The molecular weight excluding hydrogens is 268 g/mol. The van der Waals surface area contributed by atoms with Gasteiger partial charge in [0, 0.05) is 23.2 Å². The first-order valence-corrected chi connectivity index (χ1v) is 7.96. The third-order valence-corrected chi connectivity index (χ3v) is 5.56. The predicted octanol–water partition coefficient (Wildman–Crippen LogP) is 3.66. The number of nitrogens with two attached hydrogens (primary N) is 1. The van der Waals surface area contributed by atoms with E-state index in [-0.39, 0.29) is 5.91 Å². The van der Waals surface area contributed by atoms with Crippen molar-refractivity contribution in [2.24, 2.45) is 5.92 Å². The maximum absolute atomic E-state index is 12.7. The first kappa shape index (κ1) is 13.4. The number of carbonyl (C=O) groups is 1. The molecule has 20 heavy (non-hydrogen) atoms. The molecule has 1 aliphatic heterocycles. The highest BCUT2D eigenvalue weighted by Gasteiger charge is 2.25. The summed E-state index contributed by atoms with van der Waals surface area (Å²) in [6.07, 6.45) is 2.19. The van der Waals surface area contributed by atoms with Crippen LogP contribution in [0.25, 0.3) is 10.1 Å². The maximum Gasteiger partial charge on any atom is 0.266 e. The van der Waals surface area contributed by atoms with Crippen LogP contribution in [0.5, 0.6) is 0 Å². The number of anilines is 1. The van der Waals surface area contributed by atoms with Gasteiger partial charge >= 0.3 is 0 Å². The third-order valence-electron chi connectivity index (χ3n) is 4.22. The number of likely N-dealkylation sites (tertiary alicyclic amines) is 1. The molecule has 0 radical (unpaired) electrons. The Labute approximate surface area is 123 Å². The molecule has 0 aliphatic carbocycles. The van der Waals surface area contributed by atoms with Crippen molar-refractivity contribution in [3.05, 3.63) is 28.6 Å². The van der Waals surface area contributed by atoms with Gasteiger partial charge in [-0.1, -0.05) is 25.1 Å². The van der Waals surface area contributed by atoms with Gasteiger partial charge in [-0.3, -0.25) is 4.79 Å². The smallest absolute Gasteiger partial charge is 0.266 e. The summed E-state index contributed by atoms with van der Waals surface area (Å²) in [7, 11) is 0. The summed E-state index contributed by atoms with van der Waals surface area (Å²) in [6, 6.07) is 6.07. The van der Waals surface area contributed by atoms with Gasteiger partial charge in [-0.05, 0) is 31.2 Å². The molecule has 2 aromatic rings. The second-order valence-electron chi connectivity index (χ2n) is 5.77. The minimum absolute atomic E-state index is 0.106. The standard InChI is InChI=1S/C16H20N2OS/c1-10-6-8-18(9-7-10)16(19)15-13(17)12-5-3-4-11(2)14(12)20-15/h3-5,10H,6-9,17H2,1-2H3. The molecule has 0 saturated carbocycles. The molecule has 106 valence electrons. The zero-order valence-corrected chi connectivity index (χ0v) is 12.8. The van der Waals surface area contributed by atoms with Crippen LogP contribution in [0.15, 0.2) is 18.2 Å². The van der Waals surface area contributed by atoms with Crippen LogP contribution in [-0.4, -0.2) is 23.9 Å². The van der Waals surface area contributed by atoms with Crippen LogP contribution < -0.4 is 5.73 Å². The number of fused-ring (bicyclic) bond motifs is 1. The van der Waals surface area contributed by atoms with E-state index in [2.05, 4.69) is 19.9 Å². The quantitative estimate of drug-likeness (QED) is 0.870. The topological polar surface area (TPSA) is 46.3 Å². The fourth-order valence-electron chi connectivity index (χ4n) is 2.79. The van der Waals surface area contributed by atoms with Crippen LogP contribution in [0.2, 0.25) is 0 Å². The number of hydrogen-bond acceptors (Lipinski definition) is 3. The number of thiophene rings is 1. The first-order chi connectivity index (χ1) is 9.58. The van der Waals surface area contributed by atoms with Gasteiger partial charge in [0.05, 0.1) is 5.69 Å². The lowest BCUT2D eigenvalue weighted by atomic mass is 9.99. The molecule has 1 aliphatic rings. The zero-order chi connectivity index (χ0) is 14.3. The highest BCUT2D eigenvalue weighted by atomic mass is 32.1. The van der Waals surface area contributed by atoms with E-state index in [1.54, 1.807) is 0 Å². The van der Waals surface area contributed by atoms with Crippen molar-refractivity contribution in [2.75, 3.05) is 18.8 Å². The number of rotatable bonds is 1. The Hall–Kier alpha value is -1.55. The minimum atomic E-state index is 0.106. The van der Waals surface area contributed by atoms with Crippen molar-refractivity contribution >= 4 is 33.0 Å². The van der Waals surface area contributed by atoms with E-state index in [1.165, 1.54) is 16.9 Å². The van der Waals surface area contributed by atoms with Crippen LogP contribution in [0.1, 0.15) is 35.0 Å². The monoisotopic (exact) mass is 288 g/mol. The molecule has 3 nitrogen and oxygen atoms in total. The molecule has 1 aromatic carbocycles. The molecule has 3 rings (SSSR count). The molecule has 0 bridgehead atoms. The van der Waals surface area contributed by atoms with Gasteiger partial charge in [-0.2, -0.15) is 0 Å². The fourth-order valence-corrected chi connectivity index (χ4v) is 3.95. The van der Waals surface area contributed by atoms with Crippen molar-refractivity contribution in [3.8, 4) is 0 Å². The number of amides is 1. The first-order valence-electron chi connectivity index (χ1n) is 7.14. The molecule has 0 spiro atoms. The Morgan fingerprint density at radius 1 is 1.35 bits per heavy atom. The molecule has 1 saturated heterocycles. The van der Waals surface area contributed by atoms with Gasteiger partial charge in [0.1, 0.15) is 4.88 Å². The molecule has 0 unspecified atom stereocenters. The molecule has 2 N–H and O–H groups in total. The van der Waals surface area contributed by atoms with Crippen LogP contribution >= 0.6 is 11.3 Å². The zero-order valence-electron chi connectivity index (χ0n) is 12.0. The van der Waals surface area contributed by atoms with E-state index >= 15 is 0 Å². The second kappa shape index (κ2) is 5.09. The van der Waals surface area contributed by atoms with Crippen LogP contribution in [0.4, 0.5) is 5.69 Å². The summed E-state index contributed by atoms with van der Waals surface area (Å²) in [4.78, 5) is 15.3. The van der Waals surface area contributed by atoms with Gasteiger partial charge in [0.15, 0.2) is 0 Å². The van der Waals surface area contributed by atoms with Crippen LogP contribution in [-0.2, 0) is 0 Å². The number of benzene rings is 1. The third kappa shape index (κ3) is 2.18. The summed E-state index contributed by atoms with van der Waals surface area (Å²) in [5.74, 6) is 0.830.